The van der Waals surface area contributed by atoms with E-state index in [-0.39, 0.29) is 20.1 Å². The summed E-state index contributed by atoms with van der Waals surface area (Å²) in [6.07, 6.45) is 3.54. The normalized spacial score (nSPS) is 10.7. The SMILES string of the molecule is [Ir+3].[c-]1ccc2ccccc2c1-c1cc(-c2ccccc2)c2ccccc2n1.[c-]1ccc2ccccc2c1-c1cc(-c2ccccc2)c2ccccc2n1.c1ccc(-c2ccc[n-]2)nc1. The molecule has 0 radical (unpaired) electrons. The van der Waals surface area contributed by atoms with Crippen molar-refractivity contribution in [3.8, 4) is 56.2 Å². The molecule has 304 valence electrons. The molecular formula is C59H39IrN4. The number of hydrogen-bond donors (Lipinski definition) is 0. The molecule has 12 rings (SSSR count). The van der Waals surface area contributed by atoms with Gasteiger partial charge in [-0.05, 0) is 57.9 Å². The molecule has 4 nitrogen and oxygen atoms in total. The van der Waals surface area contributed by atoms with Crippen LogP contribution in [-0.4, -0.2) is 15.0 Å². The first-order valence-electron chi connectivity index (χ1n) is 21.0. The van der Waals surface area contributed by atoms with Gasteiger partial charge in [-0.3, -0.25) is 15.0 Å². The van der Waals surface area contributed by atoms with Crippen LogP contribution in [0, 0.1) is 12.1 Å². The van der Waals surface area contributed by atoms with Crippen LogP contribution in [0.5, 0.6) is 0 Å². The van der Waals surface area contributed by atoms with Crippen LogP contribution >= 0.6 is 0 Å². The number of para-hydroxylation sites is 2. The van der Waals surface area contributed by atoms with Crippen molar-refractivity contribution in [2.75, 3.05) is 0 Å². The standard InChI is InChI=1S/2C25H16N.C9H7N2.Ir/c2*1-2-9-19(10-3-1)23-17-25(26-24-16-7-6-14-22(23)24)21-15-8-12-18-11-4-5-13-20(18)21;1-2-6-10-8(4-1)9-5-3-7-11-9;/h2*1-14,16-17H;1-7H;/q3*-1;+3. The summed E-state index contributed by atoms with van der Waals surface area (Å²) >= 11 is 0. The van der Waals surface area contributed by atoms with Crippen molar-refractivity contribution in [1.29, 1.82) is 0 Å². The summed E-state index contributed by atoms with van der Waals surface area (Å²) in [4.78, 5) is 18.2. The van der Waals surface area contributed by atoms with Gasteiger partial charge in [0, 0.05) is 22.7 Å². The number of hydrogen-bond acceptors (Lipinski definition) is 3. The summed E-state index contributed by atoms with van der Waals surface area (Å²) in [6.45, 7) is 0. The van der Waals surface area contributed by atoms with Gasteiger partial charge in [0.2, 0.25) is 0 Å². The molecule has 0 spiro atoms. The molecule has 0 unspecified atom stereocenters. The maximum atomic E-state index is 4.95. The molecule has 0 aliphatic heterocycles. The summed E-state index contributed by atoms with van der Waals surface area (Å²) in [7, 11) is 0. The topological polar surface area (TPSA) is 52.8 Å². The largest absolute Gasteiger partial charge is 3.00 e. The second-order valence-electron chi connectivity index (χ2n) is 15.0. The predicted molar refractivity (Wildman–Crippen MR) is 261 cm³/mol. The van der Waals surface area contributed by atoms with E-state index in [0.717, 1.165) is 44.9 Å². The second-order valence-corrected chi connectivity index (χ2v) is 15.0. The van der Waals surface area contributed by atoms with Crippen LogP contribution in [0.4, 0.5) is 0 Å². The molecule has 0 amide bonds. The van der Waals surface area contributed by atoms with Crippen LogP contribution in [0.25, 0.3) is 99.5 Å². The molecule has 0 saturated carbocycles. The zero-order valence-electron chi connectivity index (χ0n) is 34.6. The maximum Gasteiger partial charge on any atom is 3.00 e. The van der Waals surface area contributed by atoms with E-state index in [0.29, 0.717) is 0 Å². The van der Waals surface area contributed by atoms with Crippen LogP contribution in [0.1, 0.15) is 0 Å². The zero-order valence-corrected chi connectivity index (χ0v) is 37.0. The number of nitrogens with zero attached hydrogens (tertiary/aromatic N) is 4. The Kier molecular flexibility index (Phi) is 12.6. The number of benzene rings is 8. The summed E-state index contributed by atoms with van der Waals surface area (Å²) in [5, 5.41) is 7.11. The number of fused-ring (bicyclic) bond motifs is 4. The van der Waals surface area contributed by atoms with E-state index in [4.69, 9.17) is 9.97 Å². The fourth-order valence-electron chi connectivity index (χ4n) is 8.04. The van der Waals surface area contributed by atoms with Gasteiger partial charge in [0.15, 0.2) is 0 Å². The molecule has 0 saturated heterocycles. The maximum absolute atomic E-state index is 4.95. The van der Waals surface area contributed by atoms with E-state index in [9.17, 15) is 0 Å². The Morgan fingerprint density at radius 3 is 1.30 bits per heavy atom. The van der Waals surface area contributed by atoms with Gasteiger partial charge in [-0.25, -0.2) is 0 Å². The number of rotatable bonds is 5. The van der Waals surface area contributed by atoms with E-state index in [1.54, 1.807) is 12.4 Å². The summed E-state index contributed by atoms with van der Waals surface area (Å²) in [5.74, 6) is 0. The van der Waals surface area contributed by atoms with Gasteiger partial charge in [-0.2, -0.15) is 6.20 Å². The molecule has 0 fully saturated rings. The molecule has 12 aromatic rings. The van der Waals surface area contributed by atoms with Gasteiger partial charge in [0.1, 0.15) is 0 Å². The average molecular weight is 996 g/mol. The van der Waals surface area contributed by atoms with Gasteiger partial charge < -0.3 is 4.98 Å². The van der Waals surface area contributed by atoms with E-state index in [1.807, 2.05) is 66.7 Å². The van der Waals surface area contributed by atoms with Crippen molar-refractivity contribution < 1.29 is 20.1 Å². The summed E-state index contributed by atoms with van der Waals surface area (Å²) < 4.78 is 0. The minimum atomic E-state index is 0. The third kappa shape index (κ3) is 8.90. The minimum absolute atomic E-state index is 0. The van der Waals surface area contributed by atoms with Gasteiger partial charge in [-0.15, -0.1) is 64.0 Å². The van der Waals surface area contributed by atoms with Crippen molar-refractivity contribution in [2.24, 2.45) is 0 Å². The number of pyridine rings is 3. The molecule has 0 aliphatic rings. The monoisotopic (exact) mass is 996 g/mol. The molecule has 4 aromatic heterocycles. The first-order chi connectivity index (χ1) is 31.3. The van der Waals surface area contributed by atoms with Crippen LogP contribution in [0.15, 0.2) is 237 Å². The quantitative estimate of drug-likeness (QED) is 0.161. The van der Waals surface area contributed by atoms with Gasteiger partial charge in [-0.1, -0.05) is 187 Å². The van der Waals surface area contributed by atoms with Crippen molar-refractivity contribution in [2.45, 2.75) is 0 Å². The Morgan fingerprint density at radius 2 is 0.828 bits per heavy atom. The van der Waals surface area contributed by atoms with Gasteiger partial charge in [0.25, 0.3) is 0 Å². The Hall–Kier alpha value is -7.82. The molecule has 0 bridgehead atoms. The fourth-order valence-corrected chi connectivity index (χ4v) is 8.04. The first-order valence-corrected chi connectivity index (χ1v) is 21.0. The molecule has 64 heavy (non-hydrogen) atoms. The summed E-state index contributed by atoms with van der Waals surface area (Å²) in [6, 6.07) is 83.5. The smallest absolute Gasteiger partial charge is 0.662 e. The first kappa shape index (κ1) is 41.5. The Balaban J connectivity index is 0.000000130. The van der Waals surface area contributed by atoms with Crippen LogP contribution in [-0.2, 0) is 20.1 Å². The predicted octanol–water partition coefficient (Wildman–Crippen LogP) is 14.7. The van der Waals surface area contributed by atoms with E-state index >= 15 is 0 Å². The molecule has 0 atom stereocenters. The van der Waals surface area contributed by atoms with Gasteiger partial charge in [0.05, 0.1) is 11.0 Å². The van der Waals surface area contributed by atoms with Gasteiger partial charge >= 0.3 is 20.1 Å². The van der Waals surface area contributed by atoms with Crippen molar-refractivity contribution in [3.63, 3.8) is 0 Å². The minimum Gasteiger partial charge on any atom is -0.662 e. The Bertz CT molecular complexity index is 3240. The molecule has 0 N–H and O–H groups in total. The van der Waals surface area contributed by atoms with Crippen molar-refractivity contribution >= 4 is 43.4 Å². The van der Waals surface area contributed by atoms with Crippen LogP contribution in [0.3, 0.4) is 0 Å². The Labute approximate surface area is 386 Å². The van der Waals surface area contributed by atoms with E-state index in [2.05, 4.69) is 180 Å². The fraction of sp³-hybridized carbons (Fsp3) is 0. The zero-order chi connectivity index (χ0) is 42.2. The molecule has 8 aromatic carbocycles. The summed E-state index contributed by atoms with van der Waals surface area (Å²) in [5.41, 5.74) is 12.7. The Morgan fingerprint density at radius 1 is 0.375 bits per heavy atom. The molecular weight excluding hydrogens is 957 g/mol. The van der Waals surface area contributed by atoms with Crippen molar-refractivity contribution in [1.82, 2.24) is 19.9 Å². The van der Waals surface area contributed by atoms with Crippen LogP contribution < -0.4 is 4.98 Å². The average Bonchev–Trinajstić information content (AvgIpc) is 3.92. The molecule has 5 heteroatoms. The molecule has 4 heterocycles. The van der Waals surface area contributed by atoms with E-state index < -0.39 is 0 Å². The van der Waals surface area contributed by atoms with Crippen molar-refractivity contribution in [3.05, 3.63) is 249 Å². The third-order valence-electron chi connectivity index (χ3n) is 11.0. The second kappa shape index (κ2) is 19.5. The molecule has 0 aliphatic carbocycles. The third-order valence-corrected chi connectivity index (χ3v) is 11.0. The van der Waals surface area contributed by atoms with E-state index in [1.165, 1.54) is 54.6 Å². The number of aromatic nitrogens is 4. The van der Waals surface area contributed by atoms with Crippen LogP contribution in [0.2, 0.25) is 0 Å².